The van der Waals surface area contributed by atoms with Crippen LogP contribution in [0.15, 0.2) is 54.6 Å². The summed E-state index contributed by atoms with van der Waals surface area (Å²) in [5.74, 6) is 0.265. The van der Waals surface area contributed by atoms with Crippen LogP contribution in [0.25, 0.3) is 0 Å². The van der Waals surface area contributed by atoms with Gasteiger partial charge < -0.3 is 19.1 Å². The first-order valence-electron chi connectivity index (χ1n) is 14.5. The Bertz CT molecular complexity index is 1450. The fourth-order valence-electron chi connectivity index (χ4n) is 5.29. The molecule has 43 heavy (non-hydrogen) atoms. The molecule has 0 radical (unpaired) electrons. The molecule has 0 spiro atoms. The van der Waals surface area contributed by atoms with Crippen molar-refractivity contribution in [2.24, 2.45) is 11.8 Å². The van der Waals surface area contributed by atoms with Gasteiger partial charge in [0.05, 0.1) is 9.21 Å². The number of hydrogen-bond acceptors (Lipinski definition) is 7. The van der Waals surface area contributed by atoms with Crippen LogP contribution < -0.4 is 9.47 Å². The van der Waals surface area contributed by atoms with Crippen molar-refractivity contribution in [3.05, 3.63) is 80.5 Å². The SMILES string of the molecule is Cc1cc(CC[C@H]2CN(C(=O)Oc3ccccc3)CC2C(=O)c2ccc(Cl)s2)cc(C)c1OC(C)(C)C(=O)OC(C)(C)C. The van der Waals surface area contributed by atoms with E-state index in [4.69, 9.17) is 25.8 Å². The Balaban J connectivity index is 1.48. The van der Waals surface area contributed by atoms with Gasteiger partial charge >= 0.3 is 12.1 Å². The highest BCUT2D eigenvalue weighted by atomic mass is 35.5. The summed E-state index contributed by atoms with van der Waals surface area (Å²) in [5.41, 5.74) is 1.13. The van der Waals surface area contributed by atoms with Crippen LogP contribution in [0.2, 0.25) is 4.34 Å². The summed E-state index contributed by atoms with van der Waals surface area (Å²) in [7, 11) is 0. The van der Waals surface area contributed by atoms with E-state index in [1.165, 1.54) is 11.3 Å². The number of amides is 1. The number of halogens is 1. The van der Waals surface area contributed by atoms with Gasteiger partial charge in [0.1, 0.15) is 17.1 Å². The second-order valence-corrected chi connectivity index (χ2v) is 14.3. The molecule has 1 aromatic heterocycles. The zero-order valence-electron chi connectivity index (χ0n) is 25.9. The molecule has 1 unspecified atom stereocenters. The van der Waals surface area contributed by atoms with E-state index in [9.17, 15) is 14.4 Å². The lowest BCUT2D eigenvalue weighted by Gasteiger charge is -2.30. The highest BCUT2D eigenvalue weighted by Crippen LogP contribution is 2.35. The number of hydrogen-bond donors (Lipinski definition) is 0. The van der Waals surface area contributed by atoms with Crippen molar-refractivity contribution in [3.63, 3.8) is 0 Å². The molecule has 7 nitrogen and oxygen atoms in total. The number of likely N-dealkylation sites (tertiary alicyclic amines) is 1. The molecule has 1 fully saturated rings. The van der Waals surface area contributed by atoms with Crippen LogP contribution >= 0.6 is 22.9 Å². The third kappa shape index (κ3) is 8.39. The molecular formula is C34H40ClNO6S. The van der Waals surface area contributed by atoms with Gasteiger partial charge in [-0.25, -0.2) is 9.59 Å². The molecule has 1 aliphatic heterocycles. The van der Waals surface area contributed by atoms with Crippen molar-refractivity contribution in [3.8, 4) is 11.5 Å². The molecule has 1 aliphatic rings. The van der Waals surface area contributed by atoms with Crippen LogP contribution in [0.4, 0.5) is 4.79 Å². The van der Waals surface area contributed by atoms with E-state index < -0.39 is 23.3 Å². The molecule has 0 N–H and O–H groups in total. The molecule has 0 bridgehead atoms. The lowest BCUT2D eigenvalue weighted by molar-refractivity contribution is -0.171. The molecule has 1 saturated heterocycles. The predicted octanol–water partition coefficient (Wildman–Crippen LogP) is 8.08. The molecule has 230 valence electrons. The minimum atomic E-state index is -1.16. The van der Waals surface area contributed by atoms with Crippen LogP contribution in [0.5, 0.6) is 11.5 Å². The summed E-state index contributed by atoms with van der Waals surface area (Å²) >= 11 is 7.39. The third-order valence-electron chi connectivity index (χ3n) is 7.37. The zero-order chi connectivity index (χ0) is 31.5. The van der Waals surface area contributed by atoms with Gasteiger partial charge in [-0.05, 0) is 108 Å². The van der Waals surface area contributed by atoms with E-state index >= 15 is 0 Å². The lowest BCUT2D eigenvalue weighted by Crippen LogP contribution is -2.43. The molecular weight excluding hydrogens is 586 g/mol. The Morgan fingerprint density at radius 1 is 0.953 bits per heavy atom. The van der Waals surface area contributed by atoms with E-state index in [1.54, 1.807) is 55.1 Å². The number of ketones is 1. The van der Waals surface area contributed by atoms with Crippen molar-refractivity contribution < 1.29 is 28.6 Å². The number of carbonyl (C=O) groups is 3. The first kappa shape index (κ1) is 32.6. The maximum atomic E-state index is 13.6. The van der Waals surface area contributed by atoms with E-state index in [1.807, 2.05) is 40.7 Å². The Kier molecular flexibility index (Phi) is 9.92. The second-order valence-electron chi connectivity index (χ2n) is 12.6. The molecule has 2 aromatic carbocycles. The molecule has 2 heterocycles. The third-order valence-corrected chi connectivity index (χ3v) is 8.62. The fourth-order valence-corrected chi connectivity index (χ4v) is 6.33. The number of aryl methyl sites for hydroxylation is 3. The number of rotatable bonds is 9. The van der Waals surface area contributed by atoms with Crippen molar-refractivity contribution in [2.75, 3.05) is 13.1 Å². The molecule has 3 aromatic rings. The number of carbonyl (C=O) groups excluding carboxylic acids is 3. The molecule has 1 amide bonds. The van der Waals surface area contributed by atoms with Crippen molar-refractivity contribution in [1.82, 2.24) is 4.90 Å². The molecule has 9 heteroatoms. The summed E-state index contributed by atoms with van der Waals surface area (Å²) in [4.78, 5) is 41.6. The maximum absolute atomic E-state index is 13.6. The van der Waals surface area contributed by atoms with Gasteiger partial charge in [-0.3, -0.25) is 4.79 Å². The van der Waals surface area contributed by atoms with Crippen molar-refractivity contribution >= 4 is 40.8 Å². The van der Waals surface area contributed by atoms with Crippen molar-refractivity contribution in [1.29, 1.82) is 0 Å². The van der Waals surface area contributed by atoms with Crippen LogP contribution in [-0.2, 0) is 16.0 Å². The highest BCUT2D eigenvalue weighted by Gasteiger charge is 2.41. The molecule has 0 aliphatic carbocycles. The number of Topliss-reactive ketones (excluding diaryl/α,β-unsaturated/α-hetero) is 1. The number of esters is 1. The summed E-state index contributed by atoms with van der Waals surface area (Å²) in [6, 6.07) is 16.5. The smallest absolute Gasteiger partial charge is 0.415 e. The fraction of sp³-hybridized carbons (Fsp3) is 0.441. The monoisotopic (exact) mass is 625 g/mol. The van der Waals surface area contributed by atoms with Gasteiger partial charge in [-0.2, -0.15) is 0 Å². The number of thiophene rings is 1. The molecule has 4 rings (SSSR count). The Hall–Kier alpha value is -3.36. The number of para-hydroxylation sites is 1. The summed E-state index contributed by atoms with van der Waals surface area (Å²) in [6.45, 7) is 13.5. The lowest BCUT2D eigenvalue weighted by atomic mass is 9.86. The van der Waals surface area contributed by atoms with E-state index in [0.717, 1.165) is 16.7 Å². The van der Waals surface area contributed by atoms with Gasteiger partial charge in [0.25, 0.3) is 0 Å². The first-order valence-corrected chi connectivity index (χ1v) is 15.7. The van der Waals surface area contributed by atoms with Crippen LogP contribution in [0, 0.1) is 25.7 Å². The topological polar surface area (TPSA) is 82.1 Å². The average Bonchev–Trinajstić information content (AvgIpc) is 3.55. The Morgan fingerprint density at radius 3 is 2.19 bits per heavy atom. The van der Waals surface area contributed by atoms with Gasteiger partial charge in [0.2, 0.25) is 0 Å². The van der Waals surface area contributed by atoms with E-state index in [2.05, 4.69) is 12.1 Å². The number of benzene rings is 2. The Labute approximate surface area is 263 Å². The normalized spacial score (nSPS) is 17.1. The Morgan fingerprint density at radius 2 is 1.60 bits per heavy atom. The quantitative estimate of drug-likeness (QED) is 0.177. The highest BCUT2D eigenvalue weighted by molar-refractivity contribution is 7.18. The summed E-state index contributed by atoms with van der Waals surface area (Å²) < 4.78 is 17.9. The summed E-state index contributed by atoms with van der Waals surface area (Å²) in [5, 5.41) is 0. The van der Waals surface area contributed by atoms with Gasteiger partial charge in [0, 0.05) is 19.0 Å². The van der Waals surface area contributed by atoms with Crippen LogP contribution in [-0.4, -0.2) is 47.0 Å². The van der Waals surface area contributed by atoms with E-state index in [-0.39, 0.29) is 24.2 Å². The van der Waals surface area contributed by atoms with Crippen molar-refractivity contribution in [2.45, 2.75) is 72.5 Å². The molecule has 0 saturated carbocycles. The van der Waals surface area contributed by atoms with Crippen LogP contribution in [0.1, 0.15) is 67.4 Å². The largest absolute Gasteiger partial charge is 0.476 e. The maximum Gasteiger partial charge on any atom is 0.415 e. The predicted molar refractivity (Wildman–Crippen MR) is 169 cm³/mol. The zero-order valence-corrected chi connectivity index (χ0v) is 27.4. The summed E-state index contributed by atoms with van der Waals surface area (Å²) in [6.07, 6.45) is 0.947. The minimum Gasteiger partial charge on any atom is -0.476 e. The first-order chi connectivity index (χ1) is 20.1. The minimum absolute atomic E-state index is 0.00241. The number of ether oxygens (including phenoxy) is 3. The second kappa shape index (κ2) is 13.1. The van der Waals surface area contributed by atoms with Gasteiger partial charge in [-0.1, -0.05) is 41.9 Å². The van der Waals surface area contributed by atoms with E-state index in [0.29, 0.717) is 40.1 Å². The van der Waals surface area contributed by atoms with Gasteiger partial charge in [-0.15, -0.1) is 11.3 Å². The standard InChI is InChI=1S/C34H40ClNO6S/c1-21-17-23(18-22(2)30(21)41-34(6,7)31(38)42-33(3,4)5)13-14-24-19-36(32(39)40-25-11-9-8-10-12-25)20-26(24)29(37)27-15-16-28(35)43-27/h8-12,15-18,24,26H,13-14,19-20H2,1-7H3/t24-,26?/m0/s1. The average molecular weight is 626 g/mol. The van der Waals surface area contributed by atoms with Crippen LogP contribution in [0.3, 0.4) is 0 Å². The van der Waals surface area contributed by atoms with Gasteiger partial charge in [0.15, 0.2) is 11.4 Å². The number of nitrogens with zero attached hydrogens (tertiary/aromatic N) is 1. The molecule has 2 atom stereocenters.